The number of hydrogen-bond donors (Lipinski definition) is 1. The molecule has 0 atom stereocenters. The number of aliphatic hydroxyl groups is 1. The van der Waals surface area contributed by atoms with Crippen molar-refractivity contribution in [3.63, 3.8) is 0 Å². The lowest BCUT2D eigenvalue weighted by molar-refractivity contribution is 0.282. The van der Waals surface area contributed by atoms with Gasteiger partial charge in [-0.3, -0.25) is 0 Å². The maximum Gasteiger partial charge on any atom is 0.106 e. The molecule has 0 radical (unpaired) electrons. The van der Waals surface area contributed by atoms with Crippen LogP contribution < -0.4 is 0 Å². The highest BCUT2D eigenvalue weighted by molar-refractivity contribution is 14.1. The van der Waals surface area contributed by atoms with Crippen molar-refractivity contribution in [2.24, 2.45) is 0 Å². The summed E-state index contributed by atoms with van der Waals surface area (Å²) in [5, 5.41) is 8.55. The average Bonchev–Trinajstić information content (AvgIpc) is 2.21. The molecular weight excluding hydrogens is 294 g/mol. The predicted molar refractivity (Wildman–Crippen MR) is 67.2 cm³/mol. The molecule has 84 valence electrons. The topological polar surface area (TPSA) is 20.2 Å². The quantitative estimate of drug-likeness (QED) is 0.496. The Morgan fingerprint density at radius 1 is 1.00 bits per heavy atom. The van der Waals surface area contributed by atoms with E-state index in [1.54, 1.807) is 0 Å². The van der Waals surface area contributed by atoms with Gasteiger partial charge < -0.3 is 5.11 Å². The van der Waals surface area contributed by atoms with Gasteiger partial charge in [-0.2, -0.15) is 0 Å². The number of rotatable bonds is 9. The van der Waals surface area contributed by atoms with E-state index in [9.17, 15) is 4.39 Å². The Bertz CT molecular complexity index is 148. The van der Waals surface area contributed by atoms with E-state index in [-0.39, 0.29) is 5.83 Å². The second kappa shape index (κ2) is 11.4. The summed E-state index contributed by atoms with van der Waals surface area (Å²) in [6, 6.07) is 0. The molecule has 0 aliphatic rings. The summed E-state index contributed by atoms with van der Waals surface area (Å²) in [6.07, 6.45) is 8.34. The van der Waals surface area contributed by atoms with Crippen LogP contribution in [0.1, 0.15) is 51.4 Å². The molecular formula is C11H20FIO. The van der Waals surface area contributed by atoms with Gasteiger partial charge in [0.25, 0.3) is 0 Å². The number of hydrogen-bond acceptors (Lipinski definition) is 1. The summed E-state index contributed by atoms with van der Waals surface area (Å²) in [5.74, 6) is 0.00544. The van der Waals surface area contributed by atoms with E-state index in [1.165, 1.54) is 23.3 Å². The Morgan fingerprint density at radius 2 is 1.50 bits per heavy atom. The SMILES string of the molecule is OCCCCCCCCC/C(F)=C\I. The smallest absolute Gasteiger partial charge is 0.106 e. The molecule has 14 heavy (non-hydrogen) atoms. The van der Waals surface area contributed by atoms with Gasteiger partial charge in [0.1, 0.15) is 5.83 Å². The first-order chi connectivity index (χ1) is 6.81. The maximum atomic E-state index is 12.6. The molecule has 0 aromatic carbocycles. The lowest BCUT2D eigenvalue weighted by atomic mass is 10.1. The summed E-state index contributed by atoms with van der Waals surface area (Å²) in [5.41, 5.74) is 0. The molecule has 0 aliphatic heterocycles. The van der Waals surface area contributed by atoms with Crippen molar-refractivity contribution in [1.82, 2.24) is 0 Å². The Hall–Kier alpha value is 0.360. The van der Waals surface area contributed by atoms with Crippen LogP contribution in [0.15, 0.2) is 9.91 Å². The van der Waals surface area contributed by atoms with Crippen molar-refractivity contribution in [3.05, 3.63) is 9.91 Å². The van der Waals surface area contributed by atoms with Gasteiger partial charge in [0.15, 0.2) is 0 Å². The summed E-state index contributed by atoms with van der Waals surface area (Å²) in [6.45, 7) is 0.311. The molecule has 0 amide bonds. The normalized spacial score (nSPS) is 12.1. The molecule has 0 saturated heterocycles. The fourth-order valence-electron chi connectivity index (χ4n) is 1.34. The number of allylic oxidation sites excluding steroid dienone is 1. The summed E-state index contributed by atoms with van der Waals surface area (Å²) in [4.78, 5) is 0. The summed E-state index contributed by atoms with van der Waals surface area (Å²) >= 11 is 1.94. The summed E-state index contributed by atoms with van der Waals surface area (Å²) in [7, 11) is 0. The van der Waals surface area contributed by atoms with Crippen molar-refractivity contribution < 1.29 is 9.50 Å². The van der Waals surface area contributed by atoms with Gasteiger partial charge in [0.05, 0.1) is 0 Å². The molecule has 0 saturated carbocycles. The first-order valence-electron chi connectivity index (χ1n) is 5.37. The van der Waals surface area contributed by atoms with Crippen LogP contribution in [0.25, 0.3) is 0 Å². The molecule has 0 bridgehead atoms. The Morgan fingerprint density at radius 3 is 2.00 bits per heavy atom. The molecule has 0 fully saturated rings. The van der Waals surface area contributed by atoms with E-state index in [2.05, 4.69) is 0 Å². The second-order valence-electron chi connectivity index (χ2n) is 3.50. The standard InChI is InChI=1S/C11H20FIO/c12-11(10-13)8-6-4-2-1-3-5-7-9-14/h10,14H,1-9H2/b11-10+. The molecule has 0 unspecified atom stereocenters. The van der Waals surface area contributed by atoms with Gasteiger partial charge in [-0.25, -0.2) is 4.39 Å². The highest BCUT2D eigenvalue weighted by atomic mass is 127. The lowest BCUT2D eigenvalue weighted by Gasteiger charge is -2.00. The highest BCUT2D eigenvalue weighted by Gasteiger charge is 1.94. The fraction of sp³-hybridized carbons (Fsp3) is 0.818. The molecule has 1 nitrogen and oxygen atoms in total. The van der Waals surface area contributed by atoms with Crippen LogP contribution >= 0.6 is 22.6 Å². The summed E-state index contributed by atoms with van der Waals surface area (Å²) < 4.78 is 14.1. The van der Waals surface area contributed by atoms with Crippen LogP contribution in [-0.4, -0.2) is 11.7 Å². The second-order valence-corrected chi connectivity index (χ2v) is 4.13. The molecule has 0 heterocycles. The third-order valence-electron chi connectivity index (χ3n) is 2.19. The maximum absolute atomic E-state index is 12.6. The Balaban J connectivity index is 2.99. The Kier molecular flexibility index (Phi) is 11.7. The van der Waals surface area contributed by atoms with Gasteiger partial charge in [-0.05, 0) is 19.3 Å². The van der Waals surface area contributed by atoms with E-state index < -0.39 is 0 Å². The first-order valence-corrected chi connectivity index (χ1v) is 6.61. The highest BCUT2D eigenvalue weighted by Crippen LogP contribution is 2.14. The van der Waals surface area contributed by atoms with Crippen LogP contribution in [0, 0.1) is 0 Å². The van der Waals surface area contributed by atoms with Gasteiger partial charge in [0.2, 0.25) is 0 Å². The van der Waals surface area contributed by atoms with Gasteiger partial charge >= 0.3 is 0 Å². The van der Waals surface area contributed by atoms with Crippen molar-refractivity contribution in [1.29, 1.82) is 0 Å². The molecule has 1 N–H and O–H groups in total. The zero-order valence-corrected chi connectivity index (χ0v) is 10.8. The molecule has 0 aromatic heterocycles. The van der Waals surface area contributed by atoms with E-state index >= 15 is 0 Å². The number of unbranched alkanes of at least 4 members (excludes halogenated alkanes) is 6. The van der Waals surface area contributed by atoms with Crippen LogP contribution in [0.4, 0.5) is 4.39 Å². The monoisotopic (exact) mass is 314 g/mol. The van der Waals surface area contributed by atoms with Gasteiger partial charge in [-0.15, -0.1) is 0 Å². The number of aliphatic hydroxyl groups excluding tert-OH is 1. The van der Waals surface area contributed by atoms with Crippen LogP contribution in [0.2, 0.25) is 0 Å². The largest absolute Gasteiger partial charge is 0.396 e. The van der Waals surface area contributed by atoms with E-state index in [1.807, 2.05) is 22.6 Å². The van der Waals surface area contributed by atoms with Gasteiger partial charge in [0, 0.05) is 10.7 Å². The molecule has 0 aromatic rings. The lowest BCUT2D eigenvalue weighted by Crippen LogP contribution is -1.84. The van der Waals surface area contributed by atoms with Crippen molar-refractivity contribution in [2.75, 3.05) is 6.61 Å². The fourth-order valence-corrected chi connectivity index (χ4v) is 1.66. The molecule has 0 rings (SSSR count). The zero-order valence-electron chi connectivity index (χ0n) is 8.64. The minimum atomic E-state index is 0.00544. The van der Waals surface area contributed by atoms with Crippen LogP contribution in [0.3, 0.4) is 0 Å². The van der Waals surface area contributed by atoms with Crippen molar-refractivity contribution in [2.45, 2.75) is 51.4 Å². The first kappa shape index (κ1) is 14.4. The third-order valence-corrected chi connectivity index (χ3v) is 2.87. The molecule has 3 heteroatoms. The zero-order chi connectivity index (χ0) is 10.6. The third kappa shape index (κ3) is 10.4. The van der Waals surface area contributed by atoms with E-state index in [0.717, 1.165) is 25.7 Å². The van der Waals surface area contributed by atoms with Gasteiger partial charge in [-0.1, -0.05) is 54.7 Å². The average molecular weight is 314 g/mol. The minimum absolute atomic E-state index is 0.00544. The molecule has 0 spiro atoms. The predicted octanol–water partition coefficient (Wildman–Crippen LogP) is 4.35. The van der Waals surface area contributed by atoms with Crippen LogP contribution in [0.5, 0.6) is 0 Å². The number of halogens is 2. The van der Waals surface area contributed by atoms with E-state index in [0.29, 0.717) is 13.0 Å². The van der Waals surface area contributed by atoms with E-state index in [4.69, 9.17) is 5.11 Å². The minimum Gasteiger partial charge on any atom is -0.396 e. The van der Waals surface area contributed by atoms with Crippen molar-refractivity contribution >= 4 is 22.6 Å². The van der Waals surface area contributed by atoms with Crippen LogP contribution in [-0.2, 0) is 0 Å². The molecule has 0 aliphatic carbocycles. The Labute approximate surface area is 99.9 Å². The van der Waals surface area contributed by atoms with Crippen molar-refractivity contribution in [3.8, 4) is 0 Å².